The number of carbonyl (C=O) groups excluding carboxylic acids is 1. The normalized spacial score (nSPS) is 17.4. The summed E-state index contributed by atoms with van der Waals surface area (Å²) >= 11 is 0. The van der Waals surface area contributed by atoms with Crippen molar-refractivity contribution in [1.29, 1.82) is 0 Å². The van der Waals surface area contributed by atoms with E-state index in [1.165, 1.54) is 64.4 Å². The maximum atomic E-state index is 13.3. The van der Waals surface area contributed by atoms with E-state index in [9.17, 15) is 18.0 Å². The Kier molecular flexibility index (Phi) is 13.0. The van der Waals surface area contributed by atoms with Crippen LogP contribution in [-0.4, -0.2) is 44.7 Å². The molecular weight excluding hydrogens is 447 g/mol. The molecule has 34 heavy (non-hydrogen) atoms. The van der Waals surface area contributed by atoms with Crippen molar-refractivity contribution >= 4 is 6.29 Å². The number of pyridine rings is 1. The number of carbonyl (C=O) groups is 1. The summed E-state index contributed by atoms with van der Waals surface area (Å²) in [6.45, 7) is 1.95. The molecule has 10 heteroatoms. The van der Waals surface area contributed by atoms with Gasteiger partial charge in [0.2, 0.25) is 5.88 Å². The summed E-state index contributed by atoms with van der Waals surface area (Å²) in [5.41, 5.74) is 10.9. The Balaban J connectivity index is 0.000000369. The summed E-state index contributed by atoms with van der Waals surface area (Å²) in [6, 6.07) is 0.757. The van der Waals surface area contributed by atoms with Crippen molar-refractivity contribution in [3.63, 3.8) is 0 Å². The van der Waals surface area contributed by atoms with E-state index in [-0.39, 0.29) is 17.5 Å². The Morgan fingerprint density at radius 2 is 1.85 bits per heavy atom. The number of alkyl halides is 3. The number of allylic oxidation sites excluding steroid dienone is 1. The summed E-state index contributed by atoms with van der Waals surface area (Å²) in [6.07, 6.45) is 5.95. The maximum absolute atomic E-state index is 13.3. The largest absolute Gasteiger partial charge is 0.481 e. The average molecular weight is 488 g/mol. The molecule has 7 nitrogen and oxygen atoms in total. The summed E-state index contributed by atoms with van der Waals surface area (Å²) < 4.78 is 44.7. The third-order valence-electron chi connectivity index (χ3n) is 5.83. The number of hydrogen-bond acceptors (Lipinski definition) is 7. The monoisotopic (exact) mass is 487 g/mol. The molecule has 0 spiro atoms. The zero-order valence-electron chi connectivity index (χ0n) is 20.6. The Bertz CT molecular complexity index is 740. The van der Waals surface area contributed by atoms with Gasteiger partial charge in [-0.25, -0.2) is 4.98 Å². The van der Waals surface area contributed by atoms with Gasteiger partial charge in [0.05, 0.1) is 13.2 Å². The van der Waals surface area contributed by atoms with E-state index in [0.717, 1.165) is 24.5 Å². The minimum atomic E-state index is -4.46. The topological polar surface area (TPSA) is 115 Å². The molecule has 0 bridgehead atoms. The summed E-state index contributed by atoms with van der Waals surface area (Å²) in [5.74, 6) is 2.08. The molecule has 1 aromatic heterocycles. The van der Waals surface area contributed by atoms with Gasteiger partial charge in [-0.3, -0.25) is 0 Å². The summed E-state index contributed by atoms with van der Waals surface area (Å²) in [7, 11) is 4.47. The number of aromatic nitrogens is 1. The lowest BCUT2D eigenvalue weighted by Crippen LogP contribution is -2.34. The second kappa shape index (κ2) is 14.8. The highest BCUT2D eigenvalue weighted by atomic mass is 19.4. The van der Waals surface area contributed by atoms with Crippen molar-refractivity contribution in [2.75, 3.05) is 21.2 Å². The van der Waals surface area contributed by atoms with Crippen LogP contribution in [0.5, 0.6) is 5.88 Å². The number of ether oxygens (including phenoxy) is 1. The van der Waals surface area contributed by atoms with Crippen molar-refractivity contribution < 1.29 is 22.7 Å². The van der Waals surface area contributed by atoms with Crippen molar-refractivity contribution in [2.24, 2.45) is 29.2 Å². The predicted molar refractivity (Wildman–Crippen MR) is 128 cm³/mol. The number of aldehydes is 1. The van der Waals surface area contributed by atoms with Gasteiger partial charge in [0.25, 0.3) is 0 Å². The third-order valence-corrected chi connectivity index (χ3v) is 5.83. The molecule has 6 N–H and O–H groups in total. The van der Waals surface area contributed by atoms with Crippen LogP contribution in [-0.2, 0) is 4.79 Å². The van der Waals surface area contributed by atoms with Gasteiger partial charge in [0, 0.05) is 30.7 Å². The first kappa shape index (κ1) is 29.7. The van der Waals surface area contributed by atoms with Crippen LogP contribution in [0.4, 0.5) is 13.2 Å². The molecule has 0 amide bonds. The van der Waals surface area contributed by atoms with Crippen LogP contribution in [0, 0.1) is 17.8 Å². The molecule has 0 aliphatic heterocycles. The van der Waals surface area contributed by atoms with E-state index < -0.39 is 12.2 Å². The van der Waals surface area contributed by atoms with Gasteiger partial charge in [-0.05, 0) is 69.0 Å². The molecule has 0 aromatic carbocycles. The van der Waals surface area contributed by atoms with Crippen LogP contribution in [0.15, 0.2) is 30.2 Å². The van der Waals surface area contributed by atoms with Crippen molar-refractivity contribution in [3.8, 4) is 5.88 Å². The zero-order valence-corrected chi connectivity index (χ0v) is 20.6. The quantitative estimate of drug-likeness (QED) is 0.352. The van der Waals surface area contributed by atoms with Crippen LogP contribution in [0.1, 0.15) is 57.1 Å². The standard InChI is InChI=1S/C14H20F3N3O.C9H15NO.CH5N/c1-4-6-10(18-2)9-20-12(14(15,16)17)11-7-5-8-19-13(11)21-3;10-8(5-11)9(6-1-2-6)7-3-4-7;1-2/h5,7-9,12,18,20H,4,6H2,1-3H3;5-9H,1-4,10H2;2H2,1H3/b10-9+;;. The number of rotatable bonds is 11. The number of methoxy groups -OCH3 is 1. The molecule has 0 radical (unpaired) electrons. The highest BCUT2D eigenvalue weighted by Gasteiger charge is 2.44. The SMILES string of the molecule is CCC/C(=C\NC(c1cccnc1OC)C(F)(F)F)NC.CN.NC(C=O)C(C1CC1)C1CC1. The van der Waals surface area contributed by atoms with Crippen LogP contribution in [0.25, 0.3) is 0 Å². The van der Waals surface area contributed by atoms with Crippen molar-refractivity contribution in [3.05, 3.63) is 35.8 Å². The summed E-state index contributed by atoms with van der Waals surface area (Å²) in [5, 5.41) is 5.29. The molecule has 2 fully saturated rings. The zero-order chi connectivity index (χ0) is 25.7. The molecule has 1 aromatic rings. The van der Waals surface area contributed by atoms with Crippen molar-refractivity contribution in [1.82, 2.24) is 15.6 Å². The second-order valence-corrected chi connectivity index (χ2v) is 8.38. The molecule has 0 saturated heterocycles. The van der Waals surface area contributed by atoms with E-state index in [0.29, 0.717) is 18.0 Å². The lowest BCUT2D eigenvalue weighted by molar-refractivity contribution is -0.155. The highest BCUT2D eigenvalue weighted by molar-refractivity contribution is 5.58. The first-order valence-corrected chi connectivity index (χ1v) is 11.7. The fourth-order valence-corrected chi connectivity index (χ4v) is 3.94. The number of nitrogens with one attached hydrogen (secondary N) is 2. The third kappa shape index (κ3) is 9.50. The number of halogens is 3. The Morgan fingerprint density at radius 1 is 1.26 bits per heavy atom. The minimum Gasteiger partial charge on any atom is -0.481 e. The molecular formula is C24H40F3N5O2. The van der Waals surface area contributed by atoms with Gasteiger partial charge in [0.15, 0.2) is 6.04 Å². The average Bonchev–Trinajstić information content (AvgIpc) is 3.76. The van der Waals surface area contributed by atoms with E-state index in [1.807, 2.05) is 6.92 Å². The molecule has 2 saturated carbocycles. The molecule has 1 heterocycles. The van der Waals surface area contributed by atoms with Gasteiger partial charge in [-0.1, -0.05) is 13.3 Å². The highest BCUT2D eigenvalue weighted by Crippen LogP contribution is 2.50. The Morgan fingerprint density at radius 3 is 2.26 bits per heavy atom. The van der Waals surface area contributed by atoms with Gasteiger partial charge >= 0.3 is 6.18 Å². The molecule has 2 atom stereocenters. The molecule has 2 aliphatic carbocycles. The summed E-state index contributed by atoms with van der Waals surface area (Å²) in [4.78, 5) is 14.3. The minimum absolute atomic E-state index is 0.0396. The number of nitrogens with zero attached hydrogens (tertiary/aromatic N) is 1. The predicted octanol–water partition coefficient (Wildman–Crippen LogP) is 3.67. The van der Waals surface area contributed by atoms with Crippen LogP contribution in [0.2, 0.25) is 0 Å². The fourth-order valence-electron chi connectivity index (χ4n) is 3.94. The number of hydrogen-bond donors (Lipinski definition) is 4. The van der Waals surface area contributed by atoms with E-state index in [1.54, 1.807) is 7.05 Å². The van der Waals surface area contributed by atoms with Gasteiger partial charge in [-0.15, -0.1) is 0 Å². The molecule has 3 rings (SSSR count). The van der Waals surface area contributed by atoms with Crippen molar-refractivity contribution in [2.45, 2.75) is 63.7 Å². The molecule has 2 aliphatic rings. The van der Waals surface area contributed by atoms with Gasteiger partial charge < -0.3 is 31.6 Å². The maximum Gasteiger partial charge on any atom is 0.412 e. The van der Waals surface area contributed by atoms with Crippen LogP contribution in [0.3, 0.4) is 0 Å². The lowest BCUT2D eigenvalue weighted by atomic mass is 9.91. The Hall–Kier alpha value is -2.33. The smallest absolute Gasteiger partial charge is 0.412 e. The molecule has 2 unspecified atom stereocenters. The lowest BCUT2D eigenvalue weighted by Gasteiger charge is -2.23. The van der Waals surface area contributed by atoms with E-state index >= 15 is 0 Å². The second-order valence-electron chi connectivity index (χ2n) is 8.38. The number of nitrogens with two attached hydrogens (primary N) is 2. The van der Waals surface area contributed by atoms with E-state index in [2.05, 4.69) is 21.4 Å². The van der Waals surface area contributed by atoms with Gasteiger partial charge in [-0.2, -0.15) is 13.2 Å². The molecule has 194 valence electrons. The first-order chi connectivity index (χ1) is 16.3. The van der Waals surface area contributed by atoms with Crippen LogP contribution >= 0.6 is 0 Å². The van der Waals surface area contributed by atoms with Gasteiger partial charge in [0.1, 0.15) is 6.29 Å². The Labute approximate surface area is 200 Å². The fraction of sp³-hybridized carbons (Fsp3) is 0.667. The van der Waals surface area contributed by atoms with E-state index in [4.69, 9.17) is 10.5 Å². The van der Waals surface area contributed by atoms with Crippen LogP contribution < -0.4 is 26.8 Å². The first-order valence-electron chi connectivity index (χ1n) is 11.7.